The summed E-state index contributed by atoms with van der Waals surface area (Å²) in [5.74, 6) is 0.607. The molecule has 1 aromatic heterocycles. The molecule has 0 saturated heterocycles. The van der Waals surface area contributed by atoms with Crippen LogP contribution in [-0.2, 0) is 0 Å². The molecule has 0 aliphatic heterocycles. The van der Waals surface area contributed by atoms with Crippen LogP contribution < -0.4 is 5.32 Å². The van der Waals surface area contributed by atoms with E-state index in [1.54, 1.807) is 11.3 Å². The second-order valence-electron chi connectivity index (χ2n) is 4.53. The predicted molar refractivity (Wildman–Crippen MR) is 77.2 cm³/mol. The van der Waals surface area contributed by atoms with Crippen LogP contribution in [0.3, 0.4) is 0 Å². The molecule has 0 amide bonds. The fraction of sp³-hybridized carbons (Fsp3) is 0.462. The SMILES string of the molecule is CCC(Nc1nc2ccc(Cl)cc2s1)C(C)C. The summed E-state index contributed by atoms with van der Waals surface area (Å²) in [6.07, 6.45) is 1.11. The van der Waals surface area contributed by atoms with Crippen LogP contribution in [0, 0.1) is 5.92 Å². The fourth-order valence-corrected chi connectivity index (χ4v) is 3.06. The number of nitrogens with one attached hydrogen (secondary N) is 1. The fourth-order valence-electron chi connectivity index (χ4n) is 1.86. The highest BCUT2D eigenvalue weighted by atomic mass is 35.5. The van der Waals surface area contributed by atoms with Crippen LogP contribution in [0.4, 0.5) is 5.13 Å². The van der Waals surface area contributed by atoms with Crippen LogP contribution in [-0.4, -0.2) is 11.0 Å². The quantitative estimate of drug-likeness (QED) is 0.862. The van der Waals surface area contributed by atoms with Crippen molar-refractivity contribution in [2.75, 3.05) is 5.32 Å². The van der Waals surface area contributed by atoms with E-state index in [0.29, 0.717) is 12.0 Å². The van der Waals surface area contributed by atoms with Crippen LogP contribution in [0.15, 0.2) is 18.2 Å². The molecule has 2 nitrogen and oxygen atoms in total. The molecule has 1 unspecified atom stereocenters. The molecule has 0 saturated carbocycles. The Bertz CT molecular complexity index is 507. The zero-order valence-corrected chi connectivity index (χ0v) is 11.9. The van der Waals surface area contributed by atoms with Gasteiger partial charge in [-0.2, -0.15) is 0 Å². The zero-order chi connectivity index (χ0) is 12.4. The summed E-state index contributed by atoms with van der Waals surface area (Å²) in [6.45, 7) is 6.65. The number of benzene rings is 1. The molecule has 2 rings (SSSR count). The van der Waals surface area contributed by atoms with E-state index >= 15 is 0 Å². The Balaban J connectivity index is 2.24. The second-order valence-corrected chi connectivity index (χ2v) is 6.00. The van der Waals surface area contributed by atoms with Gasteiger partial charge in [0.2, 0.25) is 0 Å². The zero-order valence-electron chi connectivity index (χ0n) is 10.3. The average molecular weight is 269 g/mol. The molecule has 0 spiro atoms. The first-order valence-corrected chi connectivity index (χ1v) is 7.12. The molecule has 0 bridgehead atoms. The maximum atomic E-state index is 5.97. The maximum absolute atomic E-state index is 5.97. The standard InChI is InChI=1S/C13H17ClN2S/c1-4-10(8(2)3)15-13-16-11-6-5-9(14)7-12(11)17-13/h5-8,10H,4H2,1-3H3,(H,15,16). The summed E-state index contributed by atoms with van der Waals surface area (Å²) in [5, 5.41) is 5.26. The van der Waals surface area contributed by atoms with Gasteiger partial charge in [-0.15, -0.1) is 0 Å². The van der Waals surface area contributed by atoms with Gasteiger partial charge in [0, 0.05) is 11.1 Å². The first kappa shape index (κ1) is 12.7. The van der Waals surface area contributed by atoms with Crippen LogP contribution in [0.5, 0.6) is 0 Å². The van der Waals surface area contributed by atoms with Gasteiger partial charge in [0.1, 0.15) is 0 Å². The molecule has 0 aliphatic rings. The van der Waals surface area contributed by atoms with Gasteiger partial charge < -0.3 is 5.32 Å². The van der Waals surface area contributed by atoms with Crippen LogP contribution in [0.2, 0.25) is 5.02 Å². The van der Waals surface area contributed by atoms with Crippen LogP contribution in [0.25, 0.3) is 10.2 Å². The van der Waals surface area contributed by atoms with Gasteiger partial charge in [-0.1, -0.05) is 43.7 Å². The minimum absolute atomic E-state index is 0.478. The van der Waals surface area contributed by atoms with E-state index in [-0.39, 0.29) is 0 Å². The van der Waals surface area contributed by atoms with E-state index in [1.165, 1.54) is 0 Å². The molecule has 1 atom stereocenters. The Labute approximate surface area is 111 Å². The smallest absolute Gasteiger partial charge is 0.184 e. The van der Waals surface area contributed by atoms with Gasteiger partial charge in [-0.05, 0) is 30.5 Å². The van der Waals surface area contributed by atoms with Crippen molar-refractivity contribution in [3.05, 3.63) is 23.2 Å². The molecule has 0 fully saturated rings. The Morgan fingerprint density at radius 3 is 2.82 bits per heavy atom. The van der Waals surface area contributed by atoms with Crippen LogP contribution in [0.1, 0.15) is 27.2 Å². The van der Waals surface area contributed by atoms with Crippen LogP contribution >= 0.6 is 22.9 Å². The number of hydrogen-bond donors (Lipinski definition) is 1. The monoisotopic (exact) mass is 268 g/mol. The summed E-state index contributed by atoms with van der Waals surface area (Å²) in [5.41, 5.74) is 1.01. The van der Waals surface area contributed by atoms with E-state index in [1.807, 2.05) is 18.2 Å². The summed E-state index contributed by atoms with van der Waals surface area (Å²) >= 11 is 7.64. The average Bonchev–Trinajstić information content (AvgIpc) is 2.66. The lowest BCUT2D eigenvalue weighted by atomic mass is 10.0. The number of thiazole rings is 1. The molecular formula is C13H17ClN2S. The van der Waals surface area contributed by atoms with Crippen molar-refractivity contribution < 1.29 is 0 Å². The third kappa shape index (κ3) is 2.90. The van der Waals surface area contributed by atoms with Crippen molar-refractivity contribution in [3.63, 3.8) is 0 Å². The van der Waals surface area contributed by atoms with Crippen molar-refractivity contribution in [2.45, 2.75) is 33.2 Å². The lowest BCUT2D eigenvalue weighted by molar-refractivity contribution is 0.511. The third-order valence-electron chi connectivity index (χ3n) is 2.90. The number of anilines is 1. The first-order chi connectivity index (χ1) is 8.10. The Kier molecular flexibility index (Phi) is 3.89. The molecule has 2 aromatic rings. The number of nitrogens with zero attached hydrogens (tertiary/aromatic N) is 1. The first-order valence-electron chi connectivity index (χ1n) is 5.92. The number of fused-ring (bicyclic) bond motifs is 1. The van der Waals surface area contributed by atoms with Crippen molar-refractivity contribution in [2.24, 2.45) is 5.92 Å². The van der Waals surface area contributed by atoms with Gasteiger partial charge in [0.05, 0.1) is 10.2 Å². The molecule has 1 N–H and O–H groups in total. The second kappa shape index (κ2) is 5.23. The lowest BCUT2D eigenvalue weighted by Gasteiger charge is -2.19. The largest absolute Gasteiger partial charge is 0.359 e. The van der Waals surface area contributed by atoms with E-state index in [4.69, 9.17) is 11.6 Å². The number of halogens is 1. The Morgan fingerprint density at radius 1 is 1.41 bits per heavy atom. The minimum atomic E-state index is 0.478. The van der Waals surface area contributed by atoms with Gasteiger partial charge in [-0.3, -0.25) is 0 Å². The van der Waals surface area contributed by atoms with E-state index in [0.717, 1.165) is 26.8 Å². The van der Waals surface area contributed by atoms with E-state index in [9.17, 15) is 0 Å². The number of rotatable bonds is 4. The molecule has 0 radical (unpaired) electrons. The van der Waals surface area contributed by atoms with Crippen molar-refractivity contribution in [1.82, 2.24) is 4.98 Å². The van der Waals surface area contributed by atoms with Gasteiger partial charge in [-0.25, -0.2) is 4.98 Å². The molecule has 0 aliphatic carbocycles. The molecule has 1 heterocycles. The maximum Gasteiger partial charge on any atom is 0.184 e. The molecule has 1 aromatic carbocycles. The lowest BCUT2D eigenvalue weighted by Crippen LogP contribution is -2.24. The summed E-state index contributed by atoms with van der Waals surface area (Å²) < 4.78 is 1.14. The van der Waals surface area contributed by atoms with E-state index in [2.05, 4.69) is 31.1 Å². The summed E-state index contributed by atoms with van der Waals surface area (Å²) in [7, 11) is 0. The highest BCUT2D eigenvalue weighted by Gasteiger charge is 2.13. The third-order valence-corrected chi connectivity index (χ3v) is 4.09. The van der Waals surface area contributed by atoms with Crippen molar-refractivity contribution in [3.8, 4) is 0 Å². The predicted octanol–water partition coefficient (Wildman–Crippen LogP) is 4.80. The topological polar surface area (TPSA) is 24.9 Å². The number of hydrogen-bond acceptors (Lipinski definition) is 3. The highest BCUT2D eigenvalue weighted by Crippen LogP contribution is 2.29. The van der Waals surface area contributed by atoms with Crippen molar-refractivity contribution >= 4 is 38.3 Å². The summed E-state index contributed by atoms with van der Waals surface area (Å²) in [4.78, 5) is 4.57. The van der Waals surface area contributed by atoms with Gasteiger partial charge >= 0.3 is 0 Å². The Hall–Kier alpha value is -0.800. The summed E-state index contributed by atoms with van der Waals surface area (Å²) in [6, 6.07) is 6.30. The van der Waals surface area contributed by atoms with E-state index < -0.39 is 0 Å². The number of aromatic nitrogens is 1. The molecule has 4 heteroatoms. The highest BCUT2D eigenvalue weighted by molar-refractivity contribution is 7.22. The normalized spacial score (nSPS) is 13.2. The van der Waals surface area contributed by atoms with Crippen molar-refractivity contribution in [1.29, 1.82) is 0 Å². The Morgan fingerprint density at radius 2 is 2.18 bits per heavy atom. The van der Waals surface area contributed by atoms with Gasteiger partial charge in [0.15, 0.2) is 5.13 Å². The minimum Gasteiger partial charge on any atom is -0.359 e. The molecule has 92 valence electrons. The van der Waals surface area contributed by atoms with Gasteiger partial charge in [0.25, 0.3) is 0 Å². The molecule has 17 heavy (non-hydrogen) atoms. The molecular weight excluding hydrogens is 252 g/mol.